The standard InChI is InChI=1S/C17H24N4O3.BrH/c22-17-15-13-14(21(23)24)7-8-16(15)20(18-17)12-6-2-5-11-19-9-3-1-4-10-19;/h7-8,13H,1-6,9-12H2,(H,18,22);1H. The van der Waals surface area contributed by atoms with Crippen molar-refractivity contribution in [1.82, 2.24) is 14.7 Å². The van der Waals surface area contributed by atoms with Crippen molar-refractivity contribution in [3.63, 3.8) is 0 Å². The van der Waals surface area contributed by atoms with Crippen molar-refractivity contribution < 1.29 is 4.92 Å². The Morgan fingerprint density at radius 2 is 1.80 bits per heavy atom. The number of aryl methyl sites for hydroxylation is 1. The van der Waals surface area contributed by atoms with E-state index in [-0.39, 0.29) is 28.2 Å². The zero-order valence-electron chi connectivity index (χ0n) is 14.3. The van der Waals surface area contributed by atoms with Crippen LogP contribution in [0.25, 0.3) is 10.9 Å². The van der Waals surface area contributed by atoms with E-state index in [1.54, 1.807) is 6.07 Å². The van der Waals surface area contributed by atoms with E-state index >= 15 is 0 Å². The Morgan fingerprint density at radius 3 is 2.52 bits per heavy atom. The van der Waals surface area contributed by atoms with Crippen molar-refractivity contribution >= 4 is 33.6 Å². The molecule has 1 N–H and O–H groups in total. The van der Waals surface area contributed by atoms with Crippen LogP contribution in [0, 0.1) is 10.1 Å². The average Bonchev–Trinajstić information content (AvgIpc) is 2.91. The van der Waals surface area contributed by atoms with E-state index < -0.39 is 4.92 Å². The number of H-pyrrole nitrogens is 1. The molecule has 7 nitrogen and oxygen atoms in total. The van der Waals surface area contributed by atoms with Gasteiger partial charge < -0.3 is 4.90 Å². The Balaban J connectivity index is 0.00000225. The number of nitrogens with zero attached hydrogens (tertiary/aromatic N) is 3. The lowest BCUT2D eigenvalue weighted by Crippen LogP contribution is -2.30. The number of hydrogen-bond donors (Lipinski definition) is 1. The largest absolute Gasteiger partial charge is 0.303 e. The number of nitro groups is 1. The number of benzene rings is 1. The molecule has 0 spiro atoms. The summed E-state index contributed by atoms with van der Waals surface area (Å²) in [5.74, 6) is 0. The Bertz CT molecular complexity index is 765. The highest BCUT2D eigenvalue weighted by atomic mass is 79.9. The van der Waals surface area contributed by atoms with Gasteiger partial charge >= 0.3 is 0 Å². The first kappa shape index (κ1) is 19.7. The number of rotatable bonds is 7. The molecule has 0 aliphatic carbocycles. The van der Waals surface area contributed by atoms with Crippen molar-refractivity contribution in [2.24, 2.45) is 0 Å². The summed E-state index contributed by atoms with van der Waals surface area (Å²) in [5, 5.41) is 14.0. The Labute approximate surface area is 156 Å². The fraction of sp³-hybridized carbons (Fsp3) is 0.588. The van der Waals surface area contributed by atoms with E-state index in [9.17, 15) is 14.9 Å². The molecule has 0 radical (unpaired) electrons. The predicted molar refractivity (Wildman–Crippen MR) is 104 cm³/mol. The lowest BCUT2D eigenvalue weighted by atomic mass is 10.1. The Kier molecular flexibility index (Phi) is 7.19. The van der Waals surface area contributed by atoms with Gasteiger partial charge in [0.1, 0.15) is 0 Å². The van der Waals surface area contributed by atoms with Gasteiger partial charge in [-0.1, -0.05) is 12.8 Å². The molecule has 0 unspecified atom stereocenters. The number of fused-ring (bicyclic) bond motifs is 1. The van der Waals surface area contributed by atoms with Gasteiger partial charge in [-0.2, -0.15) is 0 Å². The van der Waals surface area contributed by atoms with Crippen LogP contribution in [0.2, 0.25) is 0 Å². The minimum Gasteiger partial charge on any atom is -0.303 e. The van der Waals surface area contributed by atoms with Gasteiger partial charge in [-0.3, -0.25) is 24.7 Å². The highest BCUT2D eigenvalue weighted by molar-refractivity contribution is 8.93. The van der Waals surface area contributed by atoms with E-state index in [4.69, 9.17) is 0 Å². The molecule has 1 fully saturated rings. The van der Waals surface area contributed by atoms with Crippen molar-refractivity contribution in [1.29, 1.82) is 0 Å². The van der Waals surface area contributed by atoms with Gasteiger partial charge in [-0.25, -0.2) is 0 Å². The third-order valence-corrected chi connectivity index (χ3v) is 4.77. The minimum absolute atomic E-state index is 0. The molecule has 0 saturated carbocycles. The maximum absolute atomic E-state index is 12.0. The molecule has 0 atom stereocenters. The third kappa shape index (κ3) is 4.92. The second-order valence-corrected chi connectivity index (χ2v) is 6.51. The van der Waals surface area contributed by atoms with Gasteiger partial charge in [0.05, 0.1) is 15.8 Å². The van der Waals surface area contributed by atoms with Crippen LogP contribution in [0.3, 0.4) is 0 Å². The molecule has 2 heterocycles. The van der Waals surface area contributed by atoms with E-state index in [1.165, 1.54) is 50.9 Å². The maximum Gasteiger partial charge on any atom is 0.272 e. The number of aromatic amines is 1. The first-order valence-corrected chi connectivity index (χ1v) is 8.74. The number of halogens is 1. The summed E-state index contributed by atoms with van der Waals surface area (Å²) in [6, 6.07) is 4.45. The highest BCUT2D eigenvalue weighted by Crippen LogP contribution is 2.18. The van der Waals surface area contributed by atoms with Gasteiger partial charge in [0.25, 0.3) is 11.2 Å². The molecule has 8 heteroatoms. The zero-order chi connectivity index (χ0) is 16.9. The quantitative estimate of drug-likeness (QED) is 0.428. The highest BCUT2D eigenvalue weighted by Gasteiger charge is 2.12. The maximum atomic E-state index is 12.0. The van der Waals surface area contributed by atoms with Gasteiger partial charge in [0.15, 0.2) is 0 Å². The van der Waals surface area contributed by atoms with Crippen LogP contribution in [0.1, 0.15) is 38.5 Å². The van der Waals surface area contributed by atoms with Crippen LogP contribution in [-0.2, 0) is 6.54 Å². The normalized spacial score (nSPS) is 15.2. The molecule has 0 amide bonds. The van der Waals surface area contributed by atoms with Gasteiger partial charge in [-0.15, -0.1) is 17.0 Å². The lowest BCUT2D eigenvalue weighted by molar-refractivity contribution is -0.384. The number of hydrogen-bond acceptors (Lipinski definition) is 4. The number of likely N-dealkylation sites (tertiary alicyclic amines) is 1. The molecule has 2 aromatic rings. The van der Waals surface area contributed by atoms with E-state index in [0.717, 1.165) is 31.4 Å². The summed E-state index contributed by atoms with van der Waals surface area (Å²) in [4.78, 5) is 24.8. The lowest BCUT2D eigenvalue weighted by Gasteiger charge is -2.26. The molecular weight excluding hydrogens is 388 g/mol. The first-order chi connectivity index (χ1) is 11.6. The summed E-state index contributed by atoms with van der Waals surface area (Å²) in [6.45, 7) is 4.36. The topological polar surface area (TPSA) is 84.2 Å². The Morgan fingerprint density at radius 1 is 1.08 bits per heavy atom. The number of piperidine rings is 1. The van der Waals surface area contributed by atoms with Crippen molar-refractivity contribution in [2.45, 2.75) is 45.1 Å². The molecule has 138 valence electrons. The van der Waals surface area contributed by atoms with Gasteiger partial charge in [0, 0.05) is 18.7 Å². The summed E-state index contributed by atoms with van der Waals surface area (Å²) in [7, 11) is 0. The number of non-ortho nitro benzene ring substituents is 1. The summed E-state index contributed by atoms with van der Waals surface area (Å²) in [6.07, 6.45) is 7.29. The average molecular weight is 413 g/mol. The number of nitro benzene ring substituents is 1. The summed E-state index contributed by atoms with van der Waals surface area (Å²) < 4.78 is 1.81. The fourth-order valence-corrected chi connectivity index (χ4v) is 3.44. The number of aromatic nitrogens is 2. The molecule has 3 rings (SSSR count). The molecule has 1 saturated heterocycles. The van der Waals surface area contributed by atoms with Crippen LogP contribution in [-0.4, -0.2) is 39.2 Å². The zero-order valence-corrected chi connectivity index (χ0v) is 16.0. The van der Waals surface area contributed by atoms with E-state index in [1.807, 2.05) is 4.68 Å². The molecule has 1 aliphatic rings. The van der Waals surface area contributed by atoms with Gasteiger partial charge in [0.2, 0.25) is 0 Å². The van der Waals surface area contributed by atoms with Crippen LogP contribution < -0.4 is 5.56 Å². The summed E-state index contributed by atoms with van der Waals surface area (Å²) in [5.41, 5.74) is 0.427. The molecule has 1 aliphatic heterocycles. The second-order valence-electron chi connectivity index (χ2n) is 6.51. The molecule has 25 heavy (non-hydrogen) atoms. The van der Waals surface area contributed by atoms with Crippen LogP contribution >= 0.6 is 17.0 Å². The summed E-state index contributed by atoms with van der Waals surface area (Å²) >= 11 is 0. The van der Waals surface area contributed by atoms with Crippen LogP contribution in [0.4, 0.5) is 5.69 Å². The third-order valence-electron chi connectivity index (χ3n) is 4.77. The minimum atomic E-state index is -0.475. The SMILES string of the molecule is Br.O=c1[nH]n(CCCCCN2CCCCC2)c2ccc([N+](=O)[O-])cc12. The second kappa shape index (κ2) is 9.15. The van der Waals surface area contributed by atoms with E-state index in [2.05, 4.69) is 10.00 Å². The molecule has 1 aromatic heterocycles. The Hall–Kier alpha value is -1.67. The molecule has 0 bridgehead atoms. The van der Waals surface area contributed by atoms with Crippen LogP contribution in [0.5, 0.6) is 0 Å². The van der Waals surface area contributed by atoms with Crippen molar-refractivity contribution in [2.75, 3.05) is 19.6 Å². The van der Waals surface area contributed by atoms with E-state index in [0.29, 0.717) is 5.39 Å². The van der Waals surface area contributed by atoms with Crippen molar-refractivity contribution in [3.8, 4) is 0 Å². The van der Waals surface area contributed by atoms with Gasteiger partial charge in [-0.05, 0) is 51.4 Å². The number of nitrogens with one attached hydrogen (secondary N) is 1. The monoisotopic (exact) mass is 412 g/mol. The molecule has 1 aromatic carbocycles. The number of unbranched alkanes of at least 4 members (excludes halogenated alkanes) is 2. The van der Waals surface area contributed by atoms with Crippen LogP contribution in [0.15, 0.2) is 23.0 Å². The van der Waals surface area contributed by atoms with Crippen molar-refractivity contribution in [3.05, 3.63) is 38.7 Å². The predicted octanol–water partition coefficient (Wildman–Crippen LogP) is 3.47. The molecular formula is C17H25BrN4O3. The smallest absolute Gasteiger partial charge is 0.272 e. The fourth-order valence-electron chi connectivity index (χ4n) is 3.44. The first-order valence-electron chi connectivity index (χ1n) is 8.74.